The van der Waals surface area contributed by atoms with E-state index in [0.717, 1.165) is 42.2 Å². The van der Waals surface area contributed by atoms with Gasteiger partial charge in [-0.3, -0.25) is 4.21 Å². The van der Waals surface area contributed by atoms with Crippen molar-refractivity contribution in [3.63, 3.8) is 0 Å². The first-order valence-electron chi connectivity index (χ1n) is 6.44. The summed E-state index contributed by atoms with van der Waals surface area (Å²) in [5, 5.41) is 3.87. The van der Waals surface area contributed by atoms with E-state index in [1.165, 1.54) is 25.7 Å². The van der Waals surface area contributed by atoms with Gasteiger partial charge in [-0.25, -0.2) is 0 Å². The van der Waals surface area contributed by atoms with Crippen molar-refractivity contribution in [1.29, 1.82) is 0 Å². The van der Waals surface area contributed by atoms with Crippen LogP contribution in [0.4, 0.5) is 0 Å². The van der Waals surface area contributed by atoms with Crippen LogP contribution in [0.25, 0.3) is 0 Å². The molecule has 0 aromatic rings. The molecule has 0 atom stereocenters. The maximum Gasteiger partial charge on any atom is 0.0249 e. The van der Waals surface area contributed by atoms with E-state index < -0.39 is 10.8 Å². The van der Waals surface area contributed by atoms with E-state index in [9.17, 15) is 4.21 Å². The van der Waals surface area contributed by atoms with Gasteiger partial charge in [0.25, 0.3) is 0 Å². The quantitative estimate of drug-likeness (QED) is 0.791. The average molecular weight is 227 g/mol. The summed E-state index contributed by atoms with van der Waals surface area (Å²) in [5.74, 6) is 3.84. The maximum atomic E-state index is 11.3. The van der Waals surface area contributed by atoms with Crippen molar-refractivity contribution in [1.82, 2.24) is 5.32 Å². The second kappa shape index (κ2) is 4.17. The highest BCUT2D eigenvalue weighted by Crippen LogP contribution is 2.44. The molecular weight excluding hydrogens is 206 g/mol. The van der Waals surface area contributed by atoms with E-state index >= 15 is 0 Å². The Bertz CT molecular complexity index is 238. The summed E-state index contributed by atoms with van der Waals surface area (Å²) in [4.78, 5) is 0. The van der Waals surface area contributed by atoms with Crippen LogP contribution in [-0.2, 0) is 10.8 Å². The standard InChI is InChI=1S/C12H21NOS/c14-15-7-5-11(6-8-15)13-12(9-1-2-9)10-3-4-10/h9-13H,1-8H2. The van der Waals surface area contributed by atoms with Gasteiger partial charge in [0.05, 0.1) is 0 Å². The van der Waals surface area contributed by atoms with Crippen LogP contribution in [0.2, 0.25) is 0 Å². The summed E-state index contributed by atoms with van der Waals surface area (Å²) < 4.78 is 11.3. The molecule has 0 amide bonds. The summed E-state index contributed by atoms with van der Waals surface area (Å²) >= 11 is 0. The molecule has 1 saturated heterocycles. The molecule has 3 heteroatoms. The minimum Gasteiger partial charge on any atom is -0.311 e. The first kappa shape index (κ1) is 10.3. The van der Waals surface area contributed by atoms with Crippen LogP contribution in [0, 0.1) is 11.8 Å². The molecule has 0 spiro atoms. The van der Waals surface area contributed by atoms with Crippen molar-refractivity contribution in [3.8, 4) is 0 Å². The normalized spacial score (nSPS) is 37.1. The molecule has 1 N–H and O–H groups in total. The first-order chi connectivity index (χ1) is 7.33. The monoisotopic (exact) mass is 227 g/mol. The fourth-order valence-corrected chi connectivity index (χ4v) is 4.10. The van der Waals surface area contributed by atoms with Crippen LogP contribution in [0.15, 0.2) is 0 Å². The average Bonchev–Trinajstić information content (AvgIpc) is 3.11. The zero-order valence-electron chi connectivity index (χ0n) is 9.28. The van der Waals surface area contributed by atoms with Crippen LogP contribution in [0.1, 0.15) is 38.5 Å². The van der Waals surface area contributed by atoms with Gasteiger partial charge in [0, 0.05) is 34.4 Å². The predicted molar refractivity (Wildman–Crippen MR) is 63.3 cm³/mol. The zero-order valence-corrected chi connectivity index (χ0v) is 10.1. The van der Waals surface area contributed by atoms with Crippen molar-refractivity contribution < 1.29 is 4.21 Å². The summed E-state index contributed by atoms with van der Waals surface area (Å²) in [7, 11) is -0.506. The van der Waals surface area contributed by atoms with Gasteiger partial charge in [-0.05, 0) is 50.4 Å². The second-order valence-electron chi connectivity index (χ2n) is 5.49. The van der Waals surface area contributed by atoms with E-state index in [1.54, 1.807) is 0 Å². The van der Waals surface area contributed by atoms with Crippen molar-refractivity contribution in [2.45, 2.75) is 50.6 Å². The lowest BCUT2D eigenvalue weighted by atomic mass is 10.0. The van der Waals surface area contributed by atoms with Gasteiger partial charge in [-0.1, -0.05) is 0 Å². The molecule has 0 radical (unpaired) electrons. The van der Waals surface area contributed by atoms with E-state index in [4.69, 9.17) is 0 Å². The van der Waals surface area contributed by atoms with Crippen LogP contribution in [0.5, 0.6) is 0 Å². The molecule has 0 aromatic heterocycles. The third kappa shape index (κ3) is 2.62. The van der Waals surface area contributed by atoms with Gasteiger partial charge in [0.1, 0.15) is 0 Å². The van der Waals surface area contributed by atoms with E-state index in [-0.39, 0.29) is 0 Å². The Balaban J connectivity index is 1.51. The fraction of sp³-hybridized carbons (Fsp3) is 1.00. The van der Waals surface area contributed by atoms with Crippen LogP contribution in [-0.4, -0.2) is 27.8 Å². The molecule has 2 saturated carbocycles. The largest absolute Gasteiger partial charge is 0.311 e. The number of hydrogen-bond acceptors (Lipinski definition) is 2. The highest BCUT2D eigenvalue weighted by molar-refractivity contribution is 7.85. The molecule has 2 aliphatic carbocycles. The predicted octanol–water partition coefficient (Wildman–Crippen LogP) is 1.68. The van der Waals surface area contributed by atoms with E-state index in [0.29, 0.717) is 6.04 Å². The molecule has 1 aliphatic heterocycles. The minimum absolute atomic E-state index is 0.506. The van der Waals surface area contributed by atoms with E-state index in [2.05, 4.69) is 5.32 Å². The lowest BCUT2D eigenvalue weighted by Crippen LogP contribution is -2.44. The first-order valence-corrected chi connectivity index (χ1v) is 7.93. The Morgan fingerprint density at radius 2 is 1.47 bits per heavy atom. The summed E-state index contributed by atoms with van der Waals surface area (Å²) in [6.45, 7) is 0. The van der Waals surface area contributed by atoms with Crippen LogP contribution < -0.4 is 5.32 Å². The van der Waals surface area contributed by atoms with Crippen molar-refractivity contribution in [2.75, 3.05) is 11.5 Å². The Morgan fingerprint density at radius 1 is 0.933 bits per heavy atom. The minimum atomic E-state index is -0.506. The lowest BCUT2D eigenvalue weighted by Gasteiger charge is -2.28. The van der Waals surface area contributed by atoms with Gasteiger partial charge in [0.15, 0.2) is 0 Å². The van der Waals surface area contributed by atoms with Crippen molar-refractivity contribution in [3.05, 3.63) is 0 Å². The highest BCUT2D eigenvalue weighted by atomic mass is 32.2. The highest BCUT2D eigenvalue weighted by Gasteiger charge is 2.42. The molecule has 3 rings (SSSR count). The van der Waals surface area contributed by atoms with Gasteiger partial charge >= 0.3 is 0 Å². The maximum absolute atomic E-state index is 11.3. The Labute approximate surface area is 94.7 Å². The molecule has 15 heavy (non-hydrogen) atoms. The smallest absolute Gasteiger partial charge is 0.0249 e. The van der Waals surface area contributed by atoms with Gasteiger partial charge < -0.3 is 5.32 Å². The fourth-order valence-electron chi connectivity index (χ4n) is 2.80. The Hall–Kier alpha value is 0.110. The molecule has 3 aliphatic rings. The van der Waals surface area contributed by atoms with Crippen LogP contribution >= 0.6 is 0 Å². The lowest BCUT2D eigenvalue weighted by molar-refractivity contribution is 0.346. The van der Waals surface area contributed by atoms with Gasteiger partial charge in [0.2, 0.25) is 0 Å². The Kier molecular flexibility index (Phi) is 2.86. The second-order valence-corrected chi connectivity index (χ2v) is 7.19. The molecule has 86 valence electrons. The summed E-state index contributed by atoms with van der Waals surface area (Å²) in [5.41, 5.74) is 0. The zero-order chi connectivity index (χ0) is 10.3. The molecule has 2 nitrogen and oxygen atoms in total. The van der Waals surface area contributed by atoms with Crippen LogP contribution in [0.3, 0.4) is 0 Å². The van der Waals surface area contributed by atoms with Gasteiger partial charge in [-0.2, -0.15) is 0 Å². The third-order valence-electron chi connectivity index (χ3n) is 4.08. The molecule has 0 aromatic carbocycles. The van der Waals surface area contributed by atoms with Crippen molar-refractivity contribution >= 4 is 10.8 Å². The number of hydrogen-bond donors (Lipinski definition) is 1. The SMILES string of the molecule is O=S1CCC(NC(C2CC2)C2CC2)CC1. The third-order valence-corrected chi connectivity index (χ3v) is 5.46. The molecular formula is C12H21NOS. The number of rotatable bonds is 4. The molecule has 0 unspecified atom stereocenters. The summed E-state index contributed by atoms with van der Waals surface area (Å²) in [6, 6.07) is 1.50. The van der Waals surface area contributed by atoms with E-state index in [1.807, 2.05) is 0 Å². The Morgan fingerprint density at radius 3 is 1.93 bits per heavy atom. The molecule has 0 bridgehead atoms. The topological polar surface area (TPSA) is 29.1 Å². The summed E-state index contributed by atoms with van der Waals surface area (Å²) in [6.07, 6.45) is 8.09. The molecule has 3 fully saturated rings. The molecule has 1 heterocycles. The number of nitrogens with one attached hydrogen (secondary N) is 1. The van der Waals surface area contributed by atoms with Crippen molar-refractivity contribution in [2.24, 2.45) is 11.8 Å². The van der Waals surface area contributed by atoms with Gasteiger partial charge in [-0.15, -0.1) is 0 Å².